The molecule has 0 aliphatic carbocycles. The predicted molar refractivity (Wildman–Crippen MR) is 171 cm³/mol. The van der Waals surface area contributed by atoms with Gasteiger partial charge in [-0.1, -0.05) is 27.7 Å². The van der Waals surface area contributed by atoms with Crippen molar-refractivity contribution in [3.05, 3.63) is 74.9 Å². The Kier molecular flexibility index (Phi) is 9.43. The van der Waals surface area contributed by atoms with Gasteiger partial charge in [-0.05, 0) is 88.6 Å². The van der Waals surface area contributed by atoms with Crippen molar-refractivity contribution in [2.24, 2.45) is 4.99 Å². The number of nitrogens with zero attached hydrogens (tertiary/aromatic N) is 3. The number of aliphatic imine (C=N–C) groups is 1. The van der Waals surface area contributed by atoms with E-state index in [4.69, 9.17) is 9.47 Å². The van der Waals surface area contributed by atoms with E-state index in [1.807, 2.05) is 59.0 Å². The zero-order valence-corrected chi connectivity index (χ0v) is 26.3. The fourth-order valence-corrected chi connectivity index (χ4v) is 6.67. The predicted octanol–water partition coefficient (Wildman–Crippen LogP) is 7.40. The highest BCUT2D eigenvalue weighted by atomic mass is 79.9. The van der Waals surface area contributed by atoms with Gasteiger partial charge in [0.15, 0.2) is 0 Å². The largest absolute Gasteiger partial charge is 0.506 e. The molecule has 0 saturated carbocycles. The Morgan fingerprint density at radius 2 is 1.93 bits per heavy atom. The zero-order valence-electron chi connectivity index (χ0n) is 23.9. The van der Waals surface area contributed by atoms with Gasteiger partial charge in [-0.25, -0.2) is 9.79 Å². The molecule has 0 unspecified atom stereocenters. The van der Waals surface area contributed by atoms with Crippen LogP contribution in [0.5, 0.6) is 5.75 Å². The SMILES string of the molecule is CCOC(=O)C1=C(O)/C(=C/c2cn(CC(=O)N3CCCC[C@H]3C)c3ccc(Br)cc23)SC1=Nc1ccc(OCC)cc1. The summed E-state index contributed by atoms with van der Waals surface area (Å²) in [4.78, 5) is 33.3. The number of hydrogen-bond donors (Lipinski definition) is 1. The zero-order chi connectivity index (χ0) is 29.8. The van der Waals surface area contributed by atoms with Crippen LogP contribution in [0.25, 0.3) is 17.0 Å². The maximum Gasteiger partial charge on any atom is 0.344 e. The lowest BCUT2D eigenvalue weighted by Crippen LogP contribution is -2.43. The number of fused-ring (bicyclic) bond motifs is 1. The van der Waals surface area contributed by atoms with Crippen LogP contribution >= 0.6 is 27.7 Å². The van der Waals surface area contributed by atoms with Crippen LogP contribution in [0.1, 0.15) is 45.6 Å². The fraction of sp³-hybridized carbons (Fsp3) is 0.344. The summed E-state index contributed by atoms with van der Waals surface area (Å²) in [6.07, 6.45) is 6.96. The molecule has 2 aromatic carbocycles. The quantitative estimate of drug-likeness (QED) is 0.255. The molecule has 3 aromatic rings. The molecule has 2 aliphatic rings. The summed E-state index contributed by atoms with van der Waals surface area (Å²) in [6.45, 7) is 7.47. The highest BCUT2D eigenvalue weighted by Crippen LogP contribution is 2.41. The number of esters is 1. The van der Waals surface area contributed by atoms with Crippen molar-refractivity contribution >= 4 is 67.3 Å². The Hall–Kier alpha value is -3.50. The van der Waals surface area contributed by atoms with Crippen LogP contribution in [-0.2, 0) is 20.9 Å². The number of halogens is 1. The molecule has 42 heavy (non-hydrogen) atoms. The van der Waals surface area contributed by atoms with Crippen molar-refractivity contribution in [2.45, 2.75) is 52.6 Å². The number of aromatic nitrogens is 1. The fourth-order valence-electron chi connectivity index (χ4n) is 5.28. The van der Waals surface area contributed by atoms with E-state index in [9.17, 15) is 14.7 Å². The van der Waals surface area contributed by atoms with E-state index in [2.05, 4.69) is 27.8 Å². The summed E-state index contributed by atoms with van der Waals surface area (Å²) in [7, 11) is 0. The first-order valence-electron chi connectivity index (χ1n) is 14.2. The van der Waals surface area contributed by atoms with Gasteiger partial charge < -0.3 is 24.0 Å². The highest BCUT2D eigenvalue weighted by Gasteiger charge is 2.33. The normalized spacial score (nSPS) is 19.2. The van der Waals surface area contributed by atoms with Gasteiger partial charge in [-0.3, -0.25) is 4.79 Å². The van der Waals surface area contributed by atoms with Gasteiger partial charge in [0.05, 0.1) is 23.8 Å². The van der Waals surface area contributed by atoms with Crippen molar-refractivity contribution in [3.8, 4) is 5.75 Å². The summed E-state index contributed by atoms with van der Waals surface area (Å²) in [5.41, 5.74) is 2.36. The second kappa shape index (κ2) is 13.2. The Morgan fingerprint density at radius 1 is 1.14 bits per heavy atom. The van der Waals surface area contributed by atoms with Crippen molar-refractivity contribution in [1.29, 1.82) is 0 Å². The molecule has 1 atom stereocenters. The first-order chi connectivity index (χ1) is 20.3. The van der Waals surface area contributed by atoms with Gasteiger partial charge in [0.1, 0.15) is 28.7 Å². The second-order valence-electron chi connectivity index (χ2n) is 10.2. The summed E-state index contributed by atoms with van der Waals surface area (Å²) >= 11 is 4.77. The third-order valence-corrected chi connectivity index (χ3v) is 8.85. The number of ether oxygens (including phenoxy) is 2. The summed E-state index contributed by atoms with van der Waals surface area (Å²) in [5, 5.41) is 12.5. The monoisotopic (exact) mass is 651 g/mol. The van der Waals surface area contributed by atoms with Crippen LogP contribution < -0.4 is 4.74 Å². The molecule has 1 saturated heterocycles. The number of aliphatic hydroxyl groups is 1. The third-order valence-electron chi connectivity index (χ3n) is 7.34. The number of carbonyl (C=O) groups excluding carboxylic acids is 2. The molecule has 8 nitrogen and oxygen atoms in total. The molecular weight excluding hydrogens is 618 g/mol. The summed E-state index contributed by atoms with van der Waals surface area (Å²) in [6, 6.07) is 13.4. The molecule has 0 bridgehead atoms. The van der Waals surface area contributed by atoms with E-state index < -0.39 is 5.97 Å². The standard InChI is InChI=1S/C32H34BrN3O5S/c1-4-40-24-12-10-23(11-13-24)34-31-29(32(39)41-5-2)30(38)27(42-31)16-21-18-35(26-14-9-22(33)17-25(21)26)19-28(37)36-15-7-6-8-20(36)3/h9-14,16-18,20,38H,4-8,15,19H2,1-3H3/b27-16-,34-31?/t20-/m1/s1. The number of rotatable bonds is 8. The molecular formula is C32H34BrN3O5S. The average molecular weight is 653 g/mol. The molecule has 2 aliphatic heterocycles. The molecule has 220 valence electrons. The van der Waals surface area contributed by atoms with Crippen LogP contribution in [-0.4, -0.2) is 57.3 Å². The topological polar surface area (TPSA) is 93.4 Å². The Bertz CT molecular complexity index is 1590. The van der Waals surface area contributed by atoms with E-state index >= 15 is 0 Å². The van der Waals surface area contributed by atoms with Gasteiger partial charge in [0.25, 0.3) is 0 Å². The third kappa shape index (κ3) is 6.44. The van der Waals surface area contributed by atoms with Crippen molar-refractivity contribution in [3.63, 3.8) is 0 Å². The molecule has 3 heterocycles. The molecule has 5 rings (SSSR count). The van der Waals surface area contributed by atoms with Gasteiger partial charge in [-0.15, -0.1) is 0 Å². The molecule has 1 aromatic heterocycles. The van der Waals surface area contributed by atoms with Crippen LogP contribution in [0.15, 0.2) is 74.4 Å². The molecule has 1 amide bonds. The number of amides is 1. The van der Waals surface area contributed by atoms with Crippen LogP contribution in [0.4, 0.5) is 5.69 Å². The van der Waals surface area contributed by atoms with Crippen LogP contribution in [0, 0.1) is 0 Å². The minimum absolute atomic E-state index is 0.0289. The highest BCUT2D eigenvalue weighted by molar-refractivity contribution is 9.10. The van der Waals surface area contributed by atoms with Crippen molar-refractivity contribution in [1.82, 2.24) is 9.47 Å². The second-order valence-corrected chi connectivity index (χ2v) is 12.2. The van der Waals surface area contributed by atoms with Crippen LogP contribution in [0.3, 0.4) is 0 Å². The van der Waals surface area contributed by atoms with Crippen LogP contribution in [0.2, 0.25) is 0 Å². The lowest BCUT2D eigenvalue weighted by Gasteiger charge is -2.33. The Morgan fingerprint density at radius 3 is 2.64 bits per heavy atom. The number of thioether (sulfide) groups is 1. The smallest absolute Gasteiger partial charge is 0.344 e. The number of hydrogen-bond acceptors (Lipinski definition) is 7. The van der Waals surface area contributed by atoms with E-state index in [0.29, 0.717) is 22.2 Å². The van der Waals surface area contributed by atoms with E-state index in [0.717, 1.165) is 52.5 Å². The van der Waals surface area contributed by atoms with E-state index in [1.54, 1.807) is 19.1 Å². The minimum atomic E-state index is -0.637. The van der Waals surface area contributed by atoms with Gasteiger partial charge in [-0.2, -0.15) is 0 Å². The molecule has 1 N–H and O–H groups in total. The van der Waals surface area contributed by atoms with E-state index in [-0.39, 0.29) is 36.4 Å². The van der Waals surface area contributed by atoms with E-state index in [1.165, 1.54) is 11.8 Å². The number of aliphatic hydroxyl groups excluding tert-OH is 1. The average Bonchev–Trinajstić information content (AvgIpc) is 3.45. The maximum atomic E-state index is 13.3. The van der Waals surface area contributed by atoms with Gasteiger partial charge in [0.2, 0.25) is 5.91 Å². The molecule has 10 heteroatoms. The number of piperidine rings is 1. The Labute approximate surface area is 258 Å². The number of likely N-dealkylation sites (tertiary alicyclic amines) is 1. The summed E-state index contributed by atoms with van der Waals surface area (Å²) < 4.78 is 13.6. The Balaban J connectivity index is 1.52. The van der Waals surface area contributed by atoms with Crippen molar-refractivity contribution in [2.75, 3.05) is 19.8 Å². The first kappa shape index (κ1) is 30.0. The maximum absolute atomic E-state index is 13.3. The minimum Gasteiger partial charge on any atom is -0.506 e. The number of benzene rings is 2. The molecule has 1 fully saturated rings. The molecule has 0 spiro atoms. The number of carbonyl (C=O) groups is 2. The van der Waals surface area contributed by atoms with Gasteiger partial charge >= 0.3 is 5.97 Å². The summed E-state index contributed by atoms with van der Waals surface area (Å²) in [5.74, 6) is -0.00581. The molecule has 0 radical (unpaired) electrons. The lowest BCUT2D eigenvalue weighted by atomic mass is 10.0. The lowest BCUT2D eigenvalue weighted by molar-refractivity contribution is -0.138. The first-order valence-corrected chi connectivity index (χ1v) is 15.8. The van der Waals surface area contributed by atoms with Gasteiger partial charge in [0, 0.05) is 39.7 Å². The van der Waals surface area contributed by atoms with Crippen molar-refractivity contribution < 1.29 is 24.2 Å².